The number of hydrogen-bond acceptors (Lipinski definition) is 4. The Labute approximate surface area is 121 Å². The van der Waals surface area contributed by atoms with E-state index >= 15 is 0 Å². The Morgan fingerprint density at radius 3 is 2.76 bits per heavy atom. The van der Waals surface area contributed by atoms with Gasteiger partial charge in [-0.25, -0.2) is 0 Å². The quantitative estimate of drug-likeness (QED) is 0.767. The highest BCUT2D eigenvalue weighted by Gasteiger charge is 2.29. The summed E-state index contributed by atoms with van der Waals surface area (Å²) in [5.74, 6) is -0.387. The van der Waals surface area contributed by atoms with E-state index in [4.69, 9.17) is 5.11 Å². The number of amides is 1. The third-order valence-corrected chi connectivity index (χ3v) is 3.17. The molecule has 2 N–H and O–H groups in total. The molecule has 5 nitrogen and oxygen atoms in total. The maximum atomic E-state index is 12.3. The van der Waals surface area contributed by atoms with Crippen molar-refractivity contribution in [2.45, 2.75) is 25.5 Å². The monoisotopic (exact) mass is 300 g/mol. The standard InChI is InChI=1S/C14H18F2N2O3/c15-14(16)21-12-4-2-1-3-11(12)17-13(20)9-18(7-8-19)10-5-6-10/h1-4,10,14,19H,5-9H2,(H,17,20). The fraction of sp³-hybridized carbons (Fsp3) is 0.500. The molecule has 0 heterocycles. The van der Waals surface area contributed by atoms with Gasteiger partial charge in [0, 0.05) is 12.6 Å². The molecule has 1 aromatic carbocycles. The number of halogens is 2. The first-order valence-corrected chi connectivity index (χ1v) is 6.78. The van der Waals surface area contributed by atoms with Crippen molar-refractivity contribution >= 4 is 11.6 Å². The van der Waals surface area contributed by atoms with E-state index in [1.54, 1.807) is 12.1 Å². The molecule has 0 spiro atoms. The highest BCUT2D eigenvalue weighted by molar-refractivity contribution is 5.93. The van der Waals surface area contributed by atoms with Gasteiger partial charge in [-0.2, -0.15) is 8.78 Å². The zero-order chi connectivity index (χ0) is 15.2. The predicted molar refractivity (Wildman–Crippen MR) is 73.4 cm³/mol. The van der Waals surface area contributed by atoms with Crippen molar-refractivity contribution in [2.75, 3.05) is 25.0 Å². The first-order valence-electron chi connectivity index (χ1n) is 6.78. The van der Waals surface area contributed by atoms with Crippen molar-refractivity contribution in [3.05, 3.63) is 24.3 Å². The Bertz CT molecular complexity index is 481. The van der Waals surface area contributed by atoms with E-state index in [1.165, 1.54) is 12.1 Å². The van der Waals surface area contributed by atoms with Crippen molar-refractivity contribution in [3.63, 3.8) is 0 Å². The Balaban J connectivity index is 1.95. The van der Waals surface area contributed by atoms with Crippen LogP contribution in [0.4, 0.5) is 14.5 Å². The number of aliphatic hydroxyl groups excluding tert-OH is 1. The number of rotatable bonds is 8. The Morgan fingerprint density at radius 2 is 2.14 bits per heavy atom. The molecule has 0 aromatic heterocycles. The average Bonchev–Trinajstić information content (AvgIpc) is 3.24. The van der Waals surface area contributed by atoms with Crippen LogP contribution in [0.25, 0.3) is 0 Å². The fourth-order valence-electron chi connectivity index (χ4n) is 2.10. The van der Waals surface area contributed by atoms with Crippen LogP contribution in [0.5, 0.6) is 5.75 Å². The molecule has 1 aromatic rings. The van der Waals surface area contributed by atoms with Gasteiger partial charge in [0.1, 0.15) is 5.75 Å². The second kappa shape index (κ2) is 7.33. The summed E-state index contributed by atoms with van der Waals surface area (Å²) >= 11 is 0. The van der Waals surface area contributed by atoms with Gasteiger partial charge >= 0.3 is 6.61 Å². The molecule has 0 unspecified atom stereocenters. The number of ether oxygens (including phenoxy) is 1. The zero-order valence-corrected chi connectivity index (χ0v) is 11.5. The molecule has 7 heteroatoms. The molecule has 1 aliphatic rings. The summed E-state index contributed by atoms with van der Waals surface area (Å²) in [6, 6.07) is 6.38. The first kappa shape index (κ1) is 15.7. The minimum atomic E-state index is -2.94. The van der Waals surface area contributed by atoms with Crippen LogP contribution in [-0.4, -0.2) is 48.3 Å². The largest absolute Gasteiger partial charge is 0.433 e. The van der Waals surface area contributed by atoms with Gasteiger partial charge in [-0.05, 0) is 25.0 Å². The molecule has 0 bridgehead atoms. The van der Waals surface area contributed by atoms with Gasteiger partial charge < -0.3 is 15.2 Å². The molecule has 0 aliphatic heterocycles. The van der Waals surface area contributed by atoms with Gasteiger partial charge in [-0.15, -0.1) is 0 Å². The third kappa shape index (κ3) is 4.95. The fourth-order valence-corrected chi connectivity index (χ4v) is 2.10. The second-order valence-corrected chi connectivity index (χ2v) is 4.85. The molecule has 0 saturated heterocycles. The average molecular weight is 300 g/mol. The van der Waals surface area contributed by atoms with Crippen LogP contribution >= 0.6 is 0 Å². The summed E-state index contributed by atoms with van der Waals surface area (Å²) in [4.78, 5) is 13.9. The molecule has 0 atom stereocenters. The maximum Gasteiger partial charge on any atom is 0.387 e. The van der Waals surface area contributed by atoms with Gasteiger partial charge in [0.2, 0.25) is 5.91 Å². The molecule has 1 amide bonds. The number of anilines is 1. The Kier molecular flexibility index (Phi) is 5.46. The van der Waals surface area contributed by atoms with Crippen molar-refractivity contribution in [2.24, 2.45) is 0 Å². The summed E-state index contributed by atoms with van der Waals surface area (Å²) in [6.07, 6.45) is 2.02. The van der Waals surface area contributed by atoms with E-state index in [0.29, 0.717) is 12.6 Å². The number of carbonyl (C=O) groups is 1. The number of carbonyl (C=O) groups excluding carboxylic acids is 1. The molecule has 1 fully saturated rings. The molecule has 116 valence electrons. The third-order valence-electron chi connectivity index (χ3n) is 3.17. The SMILES string of the molecule is O=C(CN(CCO)C1CC1)Nc1ccccc1OC(F)F. The van der Waals surface area contributed by atoms with Crippen LogP contribution in [0.2, 0.25) is 0 Å². The smallest absolute Gasteiger partial charge is 0.387 e. The molecule has 1 aliphatic carbocycles. The van der Waals surface area contributed by atoms with Crippen molar-refractivity contribution in [1.82, 2.24) is 4.90 Å². The molecule has 21 heavy (non-hydrogen) atoms. The number of nitrogens with zero attached hydrogens (tertiary/aromatic N) is 1. The van der Waals surface area contributed by atoms with E-state index in [-0.39, 0.29) is 30.5 Å². The zero-order valence-electron chi connectivity index (χ0n) is 11.5. The lowest BCUT2D eigenvalue weighted by Gasteiger charge is -2.20. The molecule has 1 saturated carbocycles. The topological polar surface area (TPSA) is 61.8 Å². The molecule has 0 radical (unpaired) electrons. The molecular formula is C14H18F2N2O3. The number of aliphatic hydroxyl groups is 1. The van der Waals surface area contributed by atoms with E-state index in [9.17, 15) is 13.6 Å². The summed E-state index contributed by atoms with van der Waals surface area (Å²) in [5, 5.41) is 11.5. The van der Waals surface area contributed by atoms with Crippen LogP contribution in [0.15, 0.2) is 24.3 Å². The van der Waals surface area contributed by atoms with Gasteiger partial charge in [-0.1, -0.05) is 12.1 Å². The summed E-state index contributed by atoms with van der Waals surface area (Å²) < 4.78 is 28.9. The molecule has 2 rings (SSSR count). The van der Waals surface area contributed by atoms with E-state index in [1.807, 2.05) is 4.90 Å². The van der Waals surface area contributed by atoms with Crippen LogP contribution in [-0.2, 0) is 4.79 Å². The lowest BCUT2D eigenvalue weighted by molar-refractivity contribution is -0.117. The number of hydrogen-bond donors (Lipinski definition) is 2. The van der Waals surface area contributed by atoms with Crippen molar-refractivity contribution in [1.29, 1.82) is 0 Å². The highest BCUT2D eigenvalue weighted by atomic mass is 19.3. The number of alkyl halides is 2. The minimum Gasteiger partial charge on any atom is -0.433 e. The number of nitrogens with one attached hydrogen (secondary N) is 1. The van der Waals surface area contributed by atoms with Gasteiger partial charge in [0.25, 0.3) is 0 Å². The maximum absolute atomic E-state index is 12.3. The highest BCUT2D eigenvalue weighted by Crippen LogP contribution is 2.27. The van der Waals surface area contributed by atoms with Crippen molar-refractivity contribution < 1.29 is 23.4 Å². The van der Waals surface area contributed by atoms with E-state index < -0.39 is 6.61 Å². The van der Waals surface area contributed by atoms with Crippen LogP contribution in [0, 0.1) is 0 Å². The van der Waals surface area contributed by atoms with Crippen LogP contribution in [0.1, 0.15) is 12.8 Å². The van der Waals surface area contributed by atoms with Gasteiger partial charge in [-0.3, -0.25) is 9.69 Å². The lowest BCUT2D eigenvalue weighted by Crippen LogP contribution is -2.36. The summed E-state index contributed by atoms with van der Waals surface area (Å²) in [7, 11) is 0. The van der Waals surface area contributed by atoms with Gasteiger partial charge in [0.05, 0.1) is 18.8 Å². The lowest BCUT2D eigenvalue weighted by atomic mass is 10.3. The van der Waals surface area contributed by atoms with Crippen molar-refractivity contribution in [3.8, 4) is 5.75 Å². The van der Waals surface area contributed by atoms with Gasteiger partial charge in [0.15, 0.2) is 0 Å². The second-order valence-electron chi connectivity index (χ2n) is 4.85. The Morgan fingerprint density at radius 1 is 1.43 bits per heavy atom. The number of para-hydroxylation sites is 2. The predicted octanol–water partition coefficient (Wildman–Crippen LogP) is 1.68. The van der Waals surface area contributed by atoms with E-state index in [2.05, 4.69) is 10.1 Å². The Hall–Kier alpha value is -1.73. The minimum absolute atomic E-state index is 0.0190. The normalized spacial score (nSPS) is 14.5. The van der Waals surface area contributed by atoms with Crippen LogP contribution < -0.4 is 10.1 Å². The van der Waals surface area contributed by atoms with E-state index in [0.717, 1.165) is 12.8 Å². The van der Waals surface area contributed by atoms with Crippen LogP contribution in [0.3, 0.4) is 0 Å². The summed E-state index contributed by atoms with van der Waals surface area (Å²) in [6.45, 7) is -2.42. The first-order chi connectivity index (χ1) is 10.1. The summed E-state index contributed by atoms with van der Waals surface area (Å²) in [5.41, 5.74) is 0.211. The number of benzene rings is 1. The molecular weight excluding hydrogens is 282 g/mol.